The number of aromatic nitrogens is 5. The number of nitrogens with one attached hydrogen (secondary N) is 8. The Morgan fingerprint density at radius 1 is 0.422 bits per heavy atom. The van der Waals surface area contributed by atoms with Gasteiger partial charge in [-0.15, -0.1) is 11.3 Å². The van der Waals surface area contributed by atoms with Crippen LogP contribution in [0.3, 0.4) is 0 Å². The van der Waals surface area contributed by atoms with Crippen LogP contribution in [0.2, 0.25) is 0 Å². The summed E-state index contributed by atoms with van der Waals surface area (Å²) in [5.41, 5.74) is 7.93. The van der Waals surface area contributed by atoms with Crippen molar-refractivity contribution in [1.29, 1.82) is 0 Å². The van der Waals surface area contributed by atoms with Crippen molar-refractivity contribution in [3.8, 4) is 0 Å². The van der Waals surface area contributed by atoms with E-state index in [4.69, 9.17) is 4.74 Å². The number of carbonyl (C=O) groups is 13. The number of amides is 8. The van der Waals surface area contributed by atoms with Gasteiger partial charge in [-0.2, -0.15) is 0 Å². The third kappa shape index (κ3) is 20.6. The van der Waals surface area contributed by atoms with E-state index < -0.39 is 93.3 Å². The highest BCUT2D eigenvalue weighted by Gasteiger charge is 2.59. The molecule has 9 aliphatic carbocycles. The van der Waals surface area contributed by atoms with Gasteiger partial charge in [0.1, 0.15) is 34.4 Å². The number of fused-ring (bicyclic) bond motifs is 1. The number of esters is 1. The van der Waals surface area contributed by atoms with Gasteiger partial charge in [-0.25, -0.2) is 27.3 Å². The Bertz CT molecular complexity index is 6370. The van der Waals surface area contributed by atoms with Crippen LogP contribution in [0.1, 0.15) is 271 Å². The number of anilines is 4. The lowest BCUT2D eigenvalue weighted by molar-refractivity contribution is -0.162. The fourth-order valence-electron chi connectivity index (χ4n) is 22.0. The smallest absolute Gasteiger partial charge is 0.331 e. The number of benzene rings is 4. The average molecular weight is 1870 g/mol. The molecule has 4 aromatic carbocycles. The summed E-state index contributed by atoms with van der Waals surface area (Å²) >= 11 is 1.62. The van der Waals surface area contributed by atoms with Gasteiger partial charge in [-0.3, -0.25) is 57.5 Å². The second-order valence-electron chi connectivity index (χ2n) is 39.6. The molecule has 0 aliphatic heterocycles. The largest absolute Gasteiger partial charge is 0.458 e. The van der Waals surface area contributed by atoms with Crippen LogP contribution < -0.4 is 42.5 Å². The van der Waals surface area contributed by atoms with Crippen LogP contribution in [0, 0.1) is 155 Å². The van der Waals surface area contributed by atoms with Gasteiger partial charge in [0.05, 0.1) is 55.7 Å². The van der Waals surface area contributed by atoms with Crippen molar-refractivity contribution in [1.82, 2.24) is 44.5 Å². The van der Waals surface area contributed by atoms with Crippen LogP contribution in [0.4, 0.5) is 40.3 Å². The third-order valence-corrected chi connectivity index (χ3v) is 29.6. The molecule has 32 heteroatoms. The topological polar surface area (TPSA) is 360 Å². The summed E-state index contributed by atoms with van der Waals surface area (Å²) in [5, 5.41) is 23.6. The highest BCUT2D eigenvalue weighted by atomic mass is 32.1. The van der Waals surface area contributed by atoms with Gasteiger partial charge in [0.2, 0.25) is 0 Å². The molecule has 9 aliphatic rings. The van der Waals surface area contributed by atoms with E-state index in [0.29, 0.717) is 143 Å². The van der Waals surface area contributed by atoms with Gasteiger partial charge in [0, 0.05) is 103 Å². The SMILES string of the molecule is Cc1cc(NC(=O)c2c(C)c(C(=O)C(=O)NC(C)(C)C(=O)OC(C)(C)C)n(C)c2C)ccc1F.Cc1cc(NC(=O)c2c(C)c(C(=O)C(=O)NC34CC5CC(CC3C5)C4)n(C)c2C)ccc1F.Cc1cc(NC(=O)c2c(C)c(C(=O)C(=O)NC3C4CC5CC(C4)CC3C5)n(C)c2C)ccc1F.Cc1nc2c(s1)CC(NC(=O)C(=O)c1c(C)c(C(=O)Nc3ccc(F)c(C)c3)c(C)n1C)CC2. The van der Waals surface area contributed by atoms with E-state index in [-0.39, 0.29) is 63.4 Å². The molecule has 716 valence electrons. The van der Waals surface area contributed by atoms with Crippen molar-refractivity contribution < 1.29 is 84.6 Å². The summed E-state index contributed by atoms with van der Waals surface area (Å²) in [4.78, 5) is 175. The van der Waals surface area contributed by atoms with E-state index in [1.54, 1.807) is 175 Å². The number of carbonyl (C=O) groups excluding carboxylic acids is 13. The van der Waals surface area contributed by atoms with Crippen LogP contribution in [0.5, 0.6) is 0 Å². The monoisotopic (exact) mass is 1870 g/mol. The van der Waals surface area contributed by atoms with E-state index in [0.717, 1.165) is 91.6 Å². The van der Waals surface area contributed by atoms with Crippen molar-refractivity contribution in [3.63, 3.8) is 0 Å². The number of thiazole rings is 1. The highest BCUT2D eigenvalue weighted by molar-refractivity contribution is 7.11. The van der Waals surface area contributed by atoms with Crippen LogP contribution in [0.25, 0.3) is 0 Å². The summed E-state index contributed by atoms with van der Waals surface area (Å²) < 4.78 is 65.8. The molecule has 9 aromatic rings. The Balaban J connectivity index is 0.000000152. The number of ketones is 4. The zero-order valence-corrected chi connectivity index (χ0v) is 81.5. The number of rotatable bonds is 21. The number of hydrogen-bond acceptors (Lipinski definition) is 16. The predicted octanol–water partition coefficient (Wildman–Crippen LogP) is 16.4. The summed E-state index contributed by atoms with van der Waals surface area (Å²) in [6.45, 7) is 29.9. The maximum Gasteiger partial charge on any atom is 0.331 e. The molecule has 8 N–H and O–H groups in total. The molecule has 8 fully saturated rings. The molecular formula is C103H121F4N13O14S. The lowest BCUT2D eigenvalue weighted by Crippen LogP contribution is -2.56. The maximum absolute atomic E-state index is 13.6. The summed E-state index contributed by atoms with van der Waals surface area (Å²) in [6, 6.07) is 17.2. The van der Waals surface area contributed by atoms with Crippen molar-refractivity contribution >= 4 is 110 Å². The number of nitrogens with zero attached hydrogens (tertiary/aromatic N) is 5. The lowest BCUT2D eigenvalue weighted by Gasteiger charge is -2.54. The first-order valence-corrected chi connectivity index (χ1v) is 46.6. The molecule has 8 bridgehead atoms. The number of hydrogen-bond donors (Lipinski definition) is 8. The van der Waals surface area contributed by atoms with Gasteiger partial charge in [0.15, 0.2) is 0 Å². The Kier molecular flexibility index (Phi) is 28.8. The zero-order valence-electron chi connectivity index (χ0n) is 80.7. The third-order valence-electron chi connectivity index (χ3n) is 28.6. The molecule has 0 spiro atoms. The Labute approximate surface area is 787 Å². The van der Waals surface area contributed by atoms with Crippen molar-refractivity contribution in [2.75, 3.05) is 21.3 Å². The molecule has 135 heavy (non-hydrogen) atoms. The van der Waals surface area contributed by atoms with E-state index in [1.165, 1.54) is 85.9 Å². The molecule has 5 heterocycles. The molecule has 18 rings (SSSR count). The second kappa shape index (κ2) is 38.9. The minimum absolute atomic E-state index is 0.0235. The first-order chi connectivity index (χ1) is 63.2. The Hall–Kier alpha value is -12.7. The molecule has 3 atom stereocenters. The number of Topliss-reactive ketones (excluding diaryl/α,β-unsaturated/α-hetero) is 4. The van der Waals surface area contributed by atoms with Gasteiger partial charge < -0.3 is 65.5 Å². The fraction of sp³-hybridized carbons (Fsp3) is 0.456. The Morgan fingerprint density at radius 3 is 1.09 bits per heavy atom. The molecular weight excluding hydrogens is 1750 g/mol. The summed E-state index contributed by atoms with van der Waals surface area (Å²) in [6.07, 6.45) is 13.6. The van der Waals surface area contributed by atoms with Gasteiger partial charge in [-0.05, 0) is 360 Å². The maximum atomic E-state index is 13.6. The van der Waals surface area contributed by atoms with Gasteiger partial charge in [-0.1, -0.05) is 0 Å². The van der Waals surface area contributed by atoms with E-state index in [1.807, 2.05) is 6.92 Å². The van der Waals surface area contributed by atoms with Crippen LogP contribution >= 0.6 is 11.3 Å². The molecule has 0 radical (unpaired) electrons. The molecule has 27 nitrogen and oxygen atoms in total. The molecule has 8 saturated carbocycles. The molecule has 0 saturated heterocycles. The molecule has 8 amide bonds. The van der Waals surface area contributed by atoms with E-state index >= 15 is 0 Å². The van der Waals surface area contributed by atoms with Crippen LogP contribution in [-0.4, -0.2) is 128 Å². The number of ether oxygens (including phenoxy) is 1. The first kappa shape index (κ1) is 99.7. The summed E-state index contributed by atoms with van der Waals surface area (Å²) in [5.74, 6) is -5.08. The minimum atomic E-state index is -1.45. The minimum Gasteiger partial charge on any atom is -0.458 e. The number of halogens is 4. The quantitative estimate of drug-likeness (QED) is 0.0143. The fourth-order valence-corrected chi connectivity index (χ4v) is 23.0. The number of aryl methyl sites for hydroxylation is 6. The summed E-state index contributed by atoms with van der Waals surface area (Å²) in [7, 11) is 6.63. The molecule has 3 unspecified atom stereocenters. The van der Waals surface area contributed by atoms with Gasteiger partial charge >= 0.3 is 5.97 Å². The predicted molar refractivity (Wildman–Crippen MR) is 506 cm³/mol. The van der Waals surface area contributed by atoms with Gasteiger partial charge in [0.25, 0.3) is 70.4 Å². The normalized spacial score (nSPS) is 20.2. The van der Waals surface area contributed by atoms with E-state index in [9.17, 15) is 79.9 Å². The zero-order chi connectivity index (χ0) is 98.9. The standard InChI is InChI=1S/C27H32FN3O3.C26H30FN3O3.C25H27FN4O3S.C25H32FN3O5/c1-13-7-20(5-6-21(13)28)29-26(33)22-14(2)24(31(4)15(22)3)25(32)27(34)30-23-18-9-16-8-17(11-18)12-19(23)10-16;1-13-7-19(5-6-20(13)27)28-24(32)21-14(2)22(30(4)15(21)3)23(31)25(33)29-26-11-16-8-17(12-26)10-18(26)9-16;1-12-10-16(6-8-18(12)26)28-24(32)21-13(2)22(30(5)14(21)3)23(31)25(33)29-17-7-9-19-20(11-17)34-15(4)27-19;1-13-12-16(10-11-17(13)26)27-21(31)18-14(2)19(29(9)15(18)3)20(30)22(32)28-25(7,8)23(33)34-24(4,5)6/h5-7,16-19,23H,8-12H2,1-4H3,(H,29,33)(H,30,34);5-7,16-18H,8-12H2,1-4H3,(H,28,32)(H,29,33);6,8,10,17H,7,9,11H2,1-5H3,(H,28,32)(H,29,33);10-12H,1-9H3,(H,27,31)(H,28,32). The van der Waals surface area contributed by atoms with Crippen molar-refractivity contribution in [2.45, 2.75) is 237 Å². The lowest BCUT2D eigenvalue weighted by atomic mass is 9.54. The second-order valence-corrected chi connectivity index (χ2v) is 40.9. The Morgan fingerprint density at radius 2 is 0.748 bits per heavy atom. The van der Waals surface area contributed by atoms with Crippen LogP contribution in [-0.2, 0) is 69.7 Å². The van der Waals surface area contributed by atoms with Crippen molar-refractivity contribution in [3.05, 3.63) is 224 Å². The molecule has 5 aromatic heterocycles. The van der Waals surface area contributed by atoms with Crippen LogP contribution in [0.15, 0.2) is 72.8 Å². The average Bonchev–Trinajstić information content (AvgIpc) is 1.59. The highest BCUT2D eigenvalue weighted by Crippen LogP contribution is 2.60. The van der Waals surface area contributed by atoms with Crippen molar-refractivity contribution in [2.24, 2.45) is 69.6 Å². The first-order valence-electron chi connectivity index (χ1n) is 45.8. The van der Waals surface area contributed by atoms with E-state index in [2.05, 4.69) is 47.5 Å².